The van der Waals surface area contributed by atoms with Gasteiger partial charge in [-0.25, -0.2) is 0 Å². The van der Waals surface area contributed by atoms with E-state index in [4.69, 9.17) is 5.73 Å². The fourth-order valence-electron chi connectivity index (χ4n) is 2.96. The summed E-state index contributed by atoms with van der Waals surface area (Å²) in [6.45, 7) is 3.05. The first kappa shape index (κ1) is 10.9. The number of carbonyl (C=O) groups excluding carboxylic acids is 1. The number of hydrogen-bond donors (Lipinski definition) is 1. The van der Waals surface area contributed by atoms with E-state index in [0.717, 1.165) is 12.5 Å². The molecule has 15 heavy (non-hydrogen) atoms. The molecule has 1 amide bonds. The first-order valence-electron chi connectivity index (χ1n) is 6.28. The highest BCUT2D eigenvalue weighted by Gasteiger charge is 2.39. The van der Waals surface area contributed by atoms with Crippen molar-refractivity contribution in [3.63, 3.8) is 0 Å². The van der Waals surface area contributed by atoms with Gasteiger partial charge >= 0.3 is 0 Å². The molecule has 1 aliphatic carbocycles. The van der Waals surface area contributed by atoms with Gasteiger partial charge in [0.15, 0.2) is 0 Å². The van der Waals surface area contributed by atoms with Gasteiger partial charge < -0.3 is 10.6 Å². The lowest BCUT2D eigenvalue weighted by atomic mass is 9.82. The van der Waals surface area contributed by atoms with Gasteiger partial charge in [0.1, 0.15) is 6.04 Å². The first-order chi connectivity index (χ1) is 7.22. The second-order valence-corrected chi connectivity index (χ2v) is 5.06. The van der Waals surface area contributed by atoms with Gasteiger partial charge in [0.2, 0.25) is 5.91 Å². The summed E-state index contributed by atoms with van der Waals surface area (Å²) >= 11 is 0. The molecule has 0 aromatic rings. The van der Waals surface area contributed by atoms with Crippen molar-refractivity contribution in [2.75, 3.05) is 6.54 Å². The Hall–Kier alpha value is -0.570. The molecule has 1 atom stereocenters. The van der Waals surface area contributed by atoms with Gasteiger partial charge in [-0.15, -0.1) is 0 Å². The van der Waals surface area contributed by atoms with Crippen LogP contribution in [0.15, 0.2) is 0 Å². The van der Waals surface area contributed by atoms with Crippen molar-refractivity contribution in [3.05, 3.63) is 0 Å². The van der Waals surface area contributed by atoms with E-state index in [0.29, 0.717) is 6.04 Å². The topological polar surface area (TPSA) is 46.3 Å². The quantitative estimate of drug-likeness (QED) is 0.718. The van der Waals surface area contributed by atoms with Crippen LogP contribution in [0.2, 0.25) is 0 Å². The van der Waals surface area contributed by atoms with Gasteiger partial charge in [0, 0.05) is 12.6 Å². The molecule has 0 aromatic carbocycles. The molecule has 86 valence electrons. The summed E-state index contributed by atoms with van der Waals surface area (Å²) in [5, 5.41) is 0. The average molecular weight is 210 g/mol. The van der Waals surface area contributed by atoms with Crippen LogP contribution in [0.4, 0.5) is 0 Å². The van der Waals surface area contributed by atoms with Gasteiger partial charge in [-0.1, -0.05) is 19.8 Å². The molecule has 0 spiro atoms. The van der Waals surface area contributed by atoms with E-state index in [9.17, 15) is 4.79 Å². The highest BCUT2D eigenvalue weighted by Crippen LogP contribution is 2.32. The van der Waals surface area contributed by atoms with Gasteiger partial charge in [0.25, 0.3) is 0 Å². The Morgan fingerprint density at radius 3 is 2.47 bits per heavy atom. The average Bonchev–Trinajstić information content (AvgIpc) is 2.27. The molecular weight excluding hydrogens is 188 g/mol. The standard InChI is InChI=1S/C12H22N2O/c1-2-3-9-4-6-10(7-5-9)14-8-11(13)12(14)15/h9-11H,2-8,13H2,1H3. The summed E-state index contributed by atoms with van der Waals surface area (Å²) in [4.78, 5) is 13.5. The SMILES string of the molecule is CCCC1CCC(N2CC(N)C2=O)CC1. The molecule has 2 fully saturated rings. The Morgan fingerprint density at radius 2 is 2.00 bits per heavy atom. The second kappa shape index (κ2) is 4.52. The molecule has 2 aliphatic rings. The van der Waals surface area contributed by atoms with E-state index in [2.05, 4.69) is 6.92 Å². The number of nitrogens with two attached hydrogens (primary N) is 1. The number of β-lactam (4-membered cyclic amide) rings is 1. The van der Waals surface area contributed by atoms with Crippen LogP contribution < -0.4 is 5.73 Å². The zero-order valence-electron chi connectivity index (χ0n) is 9.61. The summed E-state index contributed by atoms with van der Waals surface area (Å²) in [5.74, 6) is 1.09. The summed E-state index contributed by atoms with van der Waals surface area (Å²) in [6, 6.07) is 0.309. The van der Waals surface area contributed by atoms with Crippen LogP contribution in [0, 0.1) is 5.92 Å². The fourth-order valence-corrected chi connectivity index (χ4v) is 2.96. The van der Waals surface area contributed by atoms with Crippen molar-refractivity contribution in [2.24, 2.45) is 11.7 Å². The Morgan fingerprint density at radius 1 is 1.33 bits per heavy atom. The Kier molecular flexibility index (Phi) is 3.29. The lowest BCUT2D eigenvalue weighted by molar-refractivity contribution is -0.146. The third-order valence-electron chi connectivity index (χ3n) is 3.95. The second-order valence-electron chi connectivity index (χ2n) is 5.06. The summed E-state index contributed by atoms with van der Waals surface area (Å²) in [7, 11) is 0. The van der Waals surface area contributed by atoms with Crippen LogP contribution in [0.5, 0.6) is 0 Å². The van der Waals surface area contributed by atoms with Crippen molar-refractivity contribution >= 4 is 5.91 Å². The fraction of sp³-hybridized carbons (Fsp3) is 0.917. The summed E-state index contributed by atoms with van der Waals surface area (Å²) in [5.41, 5.74) is 5.60. The van der Waals surface area contributed by atoms with Gasteiger partial charge in [-0.2, -0.15) is 0 Å². The number of rotatable bonds is 3. The van der Waals surface area contributed by atoms with Crippen molar-refractivity contribution in [1.29, 1.82) is 0 Å². The Balaban J connectivity index is 1.76. The molecule has 0 bridgehead atoms. The molecule has 2 N–H and O–H groups in total. The van der Waals surface area contributed by atoms with E-state index in [1.807, 2.05) is 4.90 Å². The van der Waals surface area contributed by atoms with E-state index in [1.54, 1.807) is 0 Å². The zero-order chi connectivity index (χ0) is 10.8. The molecule has 3 heteroatoms. The highest BCUT2D eigenvalue weighted by atomic mass is 16.2. The molecule has 1 saturated carbocycles. The summed E-state index contributed by atoms with van der Waals surface area (Å²) in [6.07, 6.45) is 7.66. The molecule has 1 unspecified atom stereocenters. The molecule has 2 rings (SSSR count). The number of carbonyl (C=O) groups is 1. The monoisotopic (exact) mass is 210 g/mol. The maximum atomic E-state index is 11.5. The van der Waals surface area contributed by atoms with Crippen molar-refractivity contribution in [1.82, 2.24) is 4.90 Å². The zero-order valence-corrected chi connectivity index (χ0v) is 9.61. The van der Waals surface area contributed by atoms with Crippen LogP contribution in [0.25, 0.3) is 0 Å². The van der Waals surface area contributed by atoms with Crippen LogP contribution in [-0.4, -0.2) is 29.4 Å². The van der Waals surface area contributed by atoms with E-state index >= 15 is 0 Å². The molecule has 0 radical (unpaired) electrons. The Bertz CT molecular complexity index is 234. The van der Waals surface area contributed by atoms with Crippen LogP contribution in [-0.2, 0) is 4.79 Å². The molecule has 0 aromatic heterocycles. The molecular formula is C12H22N2O. The number of nitrogens with zero attached hydrogens (tertiary/aromatic N) is 1. The number of hydrogen-bond acceptors (Lipinski definition) is 2. The lowest BCUT2D eigenvalue weighted by Gasteiger charge is -2.44. The van der Waals surface area contributed by atoms with E-state index in [-0.39, 0.29) is 11.9 Å². The maximum Gasteiger partial charge on any atom is 0.241 e. The van der Waals surface area contributed by atoms with Crippen LogP contribution in [0.1, 0.15) is 45.4 Å². The predicted molar refractivity (Wildman–Crippen MR) is 60.3 cm³/mol. The van der Waals surface area contributed by atoms with Gasteiger partial charge in [-0.05, 0) is 31.6 Å². The summed E-state index contributed by atoms with van der Waals surface area (Å²) < 4.78 is 0. The van der Waals surface area contributed by atoms with Crippen molar-refractivity contribution < 1.29 is 4.79 Å². The van der Waals surface area contributed by atoms with Crippen LogP contribution in [0.3, 0.4) is 0 Å². The molecule has 3 nitrogen and oxygen atoms in total. The third kappa shape index (κ3) is 2.17. The van der Waals surface area contributed by atoms with Crippen LogP contribution >= 0.6 is 0 Å². The lowest BCUT2D eigenvalue weighted by Crippen LogP contribution is -2.64. The molecule has 1 heterocycles. The van der Waals surface area contributed by atoms with Gasteiger partial charge in [0.05, 0.1) is 0 Å². The minimum atomic E-state index is -0.196. The normalized spacial score (nSPS) is 36.5. The molecule has 1 saturated heterocycles. The minimum Gasteiger partial charge on any atom is -0.336 e. The number of amides is 1. The largest absolute Gasteiger partial charge is 0.336 e. The Labute approximate surface area is 92.0 Å². The van der Waals surface area contributed by atoms with Crippen molar-refractivity contribution in [2.45, 2.75) is 57.5 Å². The maximum absolute atomic E-state index is 11.5. The van der Waals surface area contributed by atoms with Crippen molar-refractivity contribution in [3.8, 4) is 0 Å². The third-order valence-corrected chi connectivity index (χ3v) is 3.95. The first-order valence-corrected chi connectivity index (χ1v) is 6.28. The molecule has 1 aliphatic heterocycles. The smallest absolute Gasteiger partial charge is 0.241 e. The van der Waals surface area contributed by atoms with E-state index in [1.165, 1.54) is 38.5 Å². The minimum absolute atomic E-state index is 0.175. The van der Waals surface area contributed by atoms with E-state index < -0.39 is 0 Å². The highest BCUT2D eigenvalue weighted by molar-refractivity contribution is 5.87. The number of likely N-dealkylation sites (tertiary alicyclic amines) is 1. The predicted octanol–water partition coefficient (Wildman–Crippen LogP) is 1.51. The van der Waals surface area contributed by atoms with Gasteiger partial charge in [-0.3, -0.25) is 4.79 Å².